The molecule has 0 saturated heterocycles. The van der Waals surface area contributed by atoms with Crippen LogP contribution in [0.2, 0.25) is 0 Å². The molecule has 0 amide bonds. The molecule has 3 atom stereocenters. The number of hydrogen-bond acceptors (Lipinski definition) is 8. The van der Waals surface area contributed by atoms with Crippen LogP contribution in [0, 0.1) is 11.8 Å². The molecule has 138 valence electrons. The van der Waals surface area contributed by atoms with Crippen molar-refractivity contribution in [1.82, 2.24) is 0 Å². The lowest BCUT2D eigenvalue weighted by Gasteiger charge is -2.37. The van der Waals surface area contributed by atoms with E-state index in [2.05, 4.69) is 14.1 Å². The van der Waals surface area contributed by atoms with Crippen LogP contribution in [-0.4, -0.2) is 34.7 Å². The number of esters is 2. The van der Waals surface area contributed by atoms with Gasteiger partial charge in [0.25, 0.3) is 0 Å². The number of hydrogen-bond donors (Lipinski definition) is 1. The fourth-order valence-electron chi connectivity index (χ4n) is 3.86. The summed E-state index contributed by atoms with van der Waals surface area (Å²) in [6, 6.07) is 0. The van der Waals surface area contributed by atoms with Gasteiger partial charge in [-0.05, 0) is 43.9 Å². The molecule has 2 bridgehead atoms. The Morgan fingerprint density at radius 3 is 2.67 bits per heavy atom. The van der Waals surface area contributed by atoms with E-state index in [0.717, 1.165) is 32.1 Å². The number of rotatable bonds is 9. The highest BCUT2D eigenvalue weighted by Gasteiger charge is 2.53. The summed E-state index contributed by atoms with van der Waals surface area (Å²) < 4.78 is 39.7. The van der Waals surface area contributed by atoms with Crippen molar-refractivity contribution in [3.63, 3.8) is 0 Å². The van der Waals surface area contributed by atoms with E-state index in [1.165, 1.54) is 0 Å². The van der Waals surface area contributed by atoms with Crippen molar-refractivity contribution in [1.29, 1.82) is 0 Å². The van der Waals surface area contributed by atoms with Gasteiger partial charge >= 0.3 is 17.2 Å². The highest BCUT2D eigenvalue weighted by atomic mass is 32.2. The molecule has 0 heterocycles. The van der Waals surface area contributed by atoms with Gasteiger partial charge in [0.1, 0.15) is 17.6 Å². The molecule has 7 nitrogen and oxygen atoms in total. The van der Waals surface area contributed by atoms with E-state index in [-0.39, 0.29) is 5.92 Å². The van der Waals surface area contributed by atoms with Gasteiger partial charge in [-0.1, -0.05) is 18.4 Å². The van der Waals surface area contributed by atoms with Crippen LogP contribution in [0.25, 0.3) is 0 Å². The summed E-state index contributed by atoms with van der Waals surface area (Å²) in [6.45, 7) is 1.08. The van der Waals surface area contributed by atoms with Gasteiger partial charge in [-0.2, -0.15) is 8.78 Å². The average Bonchev–Trinajstić information content (AvgIpc) is 3.11. The molecule has 24 heavy (non-hydrogen) atoms. The first-order valence-corrected chi connectivity index (χ1v) is 8.50. The van der Waals surface area contributed by atoms with Gasteiger partial charge in [-0.3, -0.25) is 0 Å². The molecule has 0 aromatic carbocycles. The van der Waals surface area contributed by atoms with Crippen LogP contribution in [0.5, 0.6) is 0 Å². The van der Waals surface area contributed by atoms with Crippen LogP contribution in [0.15, 0.2) is 0 Å². The molecule has 0 aliphatic heterocycles. The summed E-state index contributed by atoms with van der Waals surface area (Å²) >= 11 is -0.744. The van der Waals surface area contributed by atoms with Gasteiger partial charge in [-0.25, -0.2) is 14.8 Å². The van der Waals surface area contributed by atoms with Gasteiger partial charge in [0.2, 0.25) is 0 Å². The number of carbonyl (C=O) groups excluding carboxylic acids is 2. The van der Waals surface area contributed by atoms with Gasteiger partial charge in [0.05, 0.1) is 0 Å². The van der Waals surface area contributed by atoms with Crippen LogP contribution in [0.1, 0.15) is 45.4 Å². The largest absolute Gasteiger partial charge is 0.456 e. The van der Waals surface area contributed by atoms with Gasteiger partial charge < -0.3 is 9.47 Å². The molecule has 2 saturated carbocycles. The first-order valence-electron chi connectivity index (χ1n) is 7.75. The summed E-state index contributed by atoms with van der Waals surface area (Å²) in [7, 11) is 0. The fourth-order valence-corrected chi connectivity index (χ4v) is 4.10. The van der Waals surface area contributed by atoms with Gasteiger partial charge in [-0.15, -0.1) is 4.33 Å². The minimum absolute atomic E-state index is 0.286. The standard InChI is InChI=1S/C14H20F2O7S/c1-2-5-13(7-9-3-4-10(13)6-9)21-11(17)8-20-12(18)14(15,16)24-23-22-19/h9-10,19H,2-8H2,1H3. The molecular formula is C14H20F2O7S. The Balaban J connectivity index is 1.85. The van der Waals surface area contributed by atoms with Crippen molar-refractivity contribution in [2.75, 3.05) is 6.61 Å². The maximum Gasteiger partial charge on any atom is 0.415 e. The minimum atomic E-state index is -4.13. The lowest BCUT2D eigenvalue weighted by atomic mass is 9.81. The van der Waals surface area contributed by atoms with Crippen molar-refractivity contribution in [2.24, 2.45) is 11.8 Å². The third-order valence-corrected chi connectivity index (χ3v) is 5.14. The third-order valence-electron chi connectivity index (χ3n) is 4.64. The highest BCUT2D eigenvalue weighted by Crippen LogP contribution is 2.54. The van der Waals surface area contributed by atoms with Gasteiger partial charge in [0.15, 0.2) is 6.61 Å². The van der Waals surface area contributed by atoms with Crippen molar-refractivity contribution in [3.8, 4) is 0 Å². The van der Waals surface area contributed by atoms with E-state index in [9.17, 15) is 18.4 Å². The molecule has 2 aliphatic rings. The molecular weight excluding hydrogens is 350 g/mol. The van der Waals surface area contributed by atoms with E-state index in [0.29, 0.717) is 12.3 Å². The van der Waals surface area contributed by atoms with Crippen molar-refractivity contribution in [3.05, 3.63) is 0 Å². The molecule has 0 radical (unpaired) electrons. The van der Waals surface area contributed by atoms with Crippen molar-refractivity contribution in [2.45, 2.75) is 56.3 Å². The molecule has 2 rings (SSSR count). The molecule has 3 unspecified atom stereocenters. The van der Waals surface area contributed by atoms with Crippen molar-refractivity contribution >= 4 is 24.0 Å². The normalized spacial score (nSPS) is 28.8. The predicted molar refractivity (Wildman–Crippen MR) is 77.5 cm³/mol. The summed E-state index contributed by atoms with van der Waals surface area (Å²) in [4.78, 5) is 23.2. The average molecular weight is 370 g/mol. The van der Waals surface area contributed by atoms with Crippen LogP contribution in [0.4, 0.5) is 8.78 Å². The Bertz CT molecular complexity index is 476. The Morgan fingerprint density at radius 2 is 2.12 bits per heavy atom. The molecule has 1 N–H and O–H groups in total. The number of alkyl halides is 2. The zero-order valence-electron chi connectivity index (χ0n) is 13.2. The third kappa shape index (κ3) is 4.35. The predicted octanol–water partition coefficient (Wildman–Crippen LogP) is 3.09. The maximum absolute atomic E-state index is 13.2. The zero-order valence-corrected chi connectivity index (χ0v) is 14.0. The van der Waals surface area contributed by atoms with E-state index >= 15 is 0 Å². The molecule has 10 heteroatoms. The molecule has 2 aliphatic carbocycles. The quantitative estimate of drug-likeness (QED) is 0.287. The second-order valence-corrected chi connectivity index (χ2v) is 7.00. The molecule has 0 aromatic rings. The van der Waals surface area contributed by atoms with Gasteiger partial charge in [0, 0.05) is 0 Å². The minimum Gasteiger partial charge on any atom is -0.456 e. The number of halogens is 2. The topological polar surface area (TPSA) is 91.3 Å². The number of fused-ring (bicyclic) bond motifs is 2. The second-order valence-electron chi connectivity index (χ2n) is 6.19. The Hall–Kier alpha value is -0.970. The fraction of sp³-hybridized carbons (Fsp3) is 0.857. The van der Waals surface area contributed by atoms with E-state index in [4.69, 9.17) is 9.99 Å². The summed E-state index contributed by atoms with van der Waals surface area (Å²) in [5, 5.41) is 6.68. The highest BCUT2D eigenvalue weighted by molar-refractivity contribution is 7.96. The summed E-state index contributed by atoms with van der Waals surface area (Å²) in [5.74, 6) is -2.01. The lowest BCUT2D eigenvalue weighted by Crippen LogP contribution is -2.41. The number of ether oxygens (including phenoxy) is 2. The van der Waals surface area contributed by atoms with Crippen LogP contribution < -0.4 is 0 Å². The van der Waals surface area contributed by atoms with Crippen LogP contribution >= 0.6 is 12.0 Å². The Kier molecular flexibility index (Phi) is 6.40. The first-order chi connectivity index (χ1) is 11.3. The van der Waals surface area contributed by atoms with E-state index < -0.39 is 41.4 Å². The zero-order chi connectivity index (χ0) is 17.8. The summed E-state index contributed by atoms with van der Waals surface area (Å²) in [6.07, 6.45) is 5.45. The van der Waals surface area contributed by atoms with E-state index in [1.807, 2.05) is 6.92 Å². The molecule has 2 fully saturated rings. The smallest absolute Gasteiger partial charge is 0.415 e. The lowest BCUT2D eigenvalue weighted by molar-refractivity contribution is -0.433. The summed E-state index contributed by atoms with van der Waals surface area (Å²) in [5.41, 5.74) is -0.563. The molecule has 0 aromatic heterocycles. The van der Waals surface area contributed by atoms with Crippen molar-refractivity contribution < 1.29 is 42.5 Å². The first kappa shape index (κ1) is 19.4. The number of carbonyl (C=O) groups is 2. The van der Waals surface area contributed by atoms with Crippen LogP contribution in [0.3, 0.4) is 0 Å². The second kappa shape index (κ2) is 7.94. The maximum atomic E-state index is 13.2. The Labute approximate surface area is 142 Å². The van der Waals surface area contributed by atoms with Crippen LogP contribution in [-0.2, 0) is 28.4 Å². The Morgan fingerprint density at radius 1 is 1.38 bits per heavy atom. The monoisotopic (exact) mass is 370 g/mol. The van der Waals surface area contributed by atoms with E-state index in [1.54, 1.807) is 0 Å². The SMILES string of the molecule is CCCC1(OC(=O)COC(=O)C(F)(F)SOOO)CC2CCC1C2. The molecule has 0 spiro atoms.